The smallest absolute Gasteiger partial charge is 0.343 e. The van der Waals surface area contributed by atoms with Crippen LogP contribution in [0.15, 0.2) is 72.8 Å². The molecule has 6 nitrogen and oxygen atoms in total. The van der Waals surface area contributed by atoms with Gasteiger partial charge in [0.2, 0.25) is 0 Å². The molecule has 0 spiro atoms. The van der Waals surface area contributed by atoms with E-state index < -0.39 is 12.1 Å². The molecule has 3 aromatic carbocycles. The van der Waals surface area contributed by atoms with Crippen LogP contribution in [0.25, 0.3) is 11.1 Å². The predicted molar refractivity (Wildman–Crippen MR) is 179 cm³/mol. The van der Waals surface area contributed by atoms with Crippen molar-refractivity contribution < 1.29 is 28.5 Å². The van der Waals surface area contributed by atoms with Gasteiger partial charge in [-0.05, 0) is 78.4 Å². The molecular formula is C39H50O6. The summed E-state index contributed by atoms with van der Waals surface area (Å²) in [7, 11) is 0. The highest BCUT2D eigenvalue weighted by atomic mass is 16.6. The van der Waals surface area contributed by atoms with E-state index in [1.54, 1.807) is 36.4 Å². The molecule has 3 aromatic rings. The van der Waals surface area contributed by atoms with Crippen LogP contribution in [0.1, 0.15) is 108 Å². The van der Waals surface area contributed by atoms with Crippen molar-refractivity contribution in [2.45, 2.75) is 110 Å². The third-order valence-corrected chi connectivity index (χ3v) is 8.50. The number of rotatable bonds is 20. The molecule has 0 saturated carbocycles. The summed E-state index contributed by atoms with van der Waals surface area (Å²) < 4.78 is 22.7. The second-order valence-corrected chi connectivity index (χ2v) is 12.0. The summed E-state index contributed by atoms with van der Waals surface area (Å²) >= 11 is 0. The monoisotopic (exact) mass is 614 g/mol. The molecule has 6 heteroatoms. The maximum Gasteiger partial charge on any atom is 0.343 e. The number of carbonyl (C=O) groups is 2. The average molecular weight is 615 g/mol. The van der Waals surface area contributed by atoms with Crippen molar-refractivity contribution >= 4 is 11.9 Å². The van der Waals surface area contributed by atoms with Gasteiger partial charge in [-0.15, -0.1) is 0 Å². The van der Waals surface area contributed by atoms with Gasteiger partial charge in [0.05, 0.1) is 18.3 Å². The summed E-state index contributed by atoms with van der Waals surface area (Å²) in [4.78, 5) is 25.4. The van der Waals surface area contributed by atoms with E-state index in [2.05, 4.69) is 20.8 Å². The molecule has 0 amide bonds. The molecule has 1 fully saturated rings. The fourth-order valence-electron chi connectivity index (χ4n) is 5.64. The lowest BCUT2D eigenvalue weighted by Crippen LogP contribution is -2.20. The summed E-state index contributed by atoms with van der Waals surface area (Å²) in [6.07, 6.45) is 13.8. The zero-order valence-corrected chi connectivity index (χ0v) is 27.3. The average Bonchev–Trinajstić information content (AvgIpc) is 3.87. The Hall–Kier alpha value is -3.64. The van der Waals surface area contributed by atoms with Gasteiger partial charge in [-0.1, -0.05) is 109 Å². The minimum Gasteiger partial charge on any atom is -0.494 e. The van der Waals surface area contributed by atoms with E-state index in [-0.39, 0.29) is 12.1 Å². The maximum absolute atomic E-state index is 12.8. The number of unbranched alkanes of at least 4 members (excludes halogenated alkanes) is 8. The molecule has 4 rings (SSSR count). The number of carbonyl (C=O) groups excluding carboxylic acids is 2. The van der Waals surface area contributed by atoms with E-state index in [9.17, 15) is 9.59 Å². The van der Waals surface area contributed by atoms with Crippen LogP contribution < -0.4 is 14.2 Å². The predicted octanol–water partition coefficient (Wildman–Crippen LogP) is 9.98. The first kappa shape index (κ1) is 34.2. The van der Waals surface area contributed by atoms with Crippen LogP contribution >= 0.6 is 0 Å². The number of epoxide rings is 1. The van der Waals surface area contributed by atoms with Crippen LogP contribution in [0.3, 0.4) is 0 Å². The standard InChI is InChI=1S/C39H50O6/c1-4-7-9-11-12-14-28-42-33-22-20-31(21-23-33)30-16-18-32(19-17-30)38(40)43-34-24-26-35(27-25-34)44-39(41)37-36(45-37)29(6-3)15-13-10-8-5-2/h16-27,29,36-37H,4-15,28H2,1-3H3/t29?,36-,37+/m0/s1. The van der Waals surface area contributed by atoms with Crippen LogP contribution in [0.2, 0.25) is 0 Å². The summed E-state index contributed by atoms with van der Waals surface area (Å²) in [6.45, 7) is 7.33. The number of ether oxygens (including phenoxy) is 4. The number of esters is 2. The zero-order valence-electron chi connectivity index (χ0n) is 27.3. The summed E-state index contributed by atoms with van der Waals surface area (Å²) in [6, 6.07) is 21.9. The van der Waals surface area contributed by atoms with Crippen molar-refractivity contribution in [2.75, 3.05) is 6.61 Å². The minimum absolute atomic E-state index is 0.0520. The maximum atomic E-state index is 12.8. The molecule has 0 radical (unpaired) electrons. The highest BCUT2D eigenvalue weighted by Gasteiger charge is 2.50. The van der Waals surface area contributed by atoms with E-state index in [1.807, 2.05) is 36.4 Å². The molecule has 1 unspecified atom stereocenters. The van der Waals surface area contributed by atoms with Crippen LogP contribution in [0.5, 0.6) is 17.2 Å². The third-order valence-electron chi connectivity index (χ3n) is 8.50. The van der Waals surface area contributed by atoms with Gasteiger partial charge in [0.1, 0.15) is 17.2 Å². The molecule has 1 heterocycles. The van der Waals surface area contributed by atoms with Gasteiger partial charge < -0.3 is 18.9 Å². The van der Waals surface area contributed by atoms with E-state index in [0.29, 0.717) is 23.0 Å². The van der Waals surface area contributed by atoms with Gasteiger partial charge in [-0.2, -0.15) is 0 Å². The first-order valence-corrected chi connectivity index (χ1v) is 17.0. The normalized spacial score (nSPS) is 16.2. The van der Waals surface area contributed by atoms with Gasteiger partial charge in [0.25, 0.3) is 0 Å². The van der Waals surface area contributed by atoms with E-state index in [1.165, 1.54) is 57.8 Å². The third kappa shape index (κ3) is 11.0. The molecule has 1 saturated heterocycles. The van der Waals surface area contributed by atoms with E-state index >= 15 is 0 Å². The van der Waals surface area contributed by atoms with E-state index in [4.69, 9.17) is 18.9 Å². The molecule has 1 aliphatic heterocycles. The van der Waals surface area contributed by atoms with Gasteiger partial charge in [-0.25, -0.2) is 9.59 Å². The van der Waals surface area contributed by atoms with Crippen LogP contribution in [-0.2, 0) is 9.53 Å². The Kier molecular flexibility index (Phi) is 14.0. The summed E-state index contributed by atoms with van der Waals surface area (Å²) in [5, 5.41) is 0. The minimum atomic E-state index is -0.497. The first-order chi connectivity index (χ1) is 22.0. The number of hydrogen-bond donors (Lipinski definition) is 0. The summed E-state index contributed by atoms with van der Waals surface area (Å²) in [5.41, 5.74) is 2.50. The Morgan fingerprint density at radius 1 is 0.644 bits per heavy atom. The fraction of sp³-hybridized carbons (Fsp3) is 0.487. The highest BCUT2D eigenvalue weighted by Crippen LogP contribution is 2.36. The second-order valence-electron chi connectivity index (χ2n) is 12.0. The Morgan fingerprint density at radius 2 is 1.18 bits per heavy atom. The van der Waals surface area contributed by atoms with Crippen molar-refractivity contribution in [3.8, 4) is 28.4 Å². The van der Waals surface area contributed by atoms with Crippen LogP contribution in [0.4, 0.5) is 0 Å². The molecule has 0 aliphatic carbocycles. The van der Waals surface area contributed by atoms with E-state index in [0.717, 1.165) is 42.7 Å². The van der Waals surface area contributed by atoms with Crippen LogP contribution in [-0.4, -0.2) is 30.8 Å². The highest BCUT2D eigenvalue weighted by molar-refractivity contribution is 5.91. The molecule has 242 valence electrons. The van der Waals surface area contributed by atoms with Gasteiger partial charge >= 0.3 is 11.9 Å². The van der Waals surface area contributed by atoms with Gasteiger partial charge in [0, 0.05) is 0 Å². The second kappa shape index (κ2) is 18.4. The topological polar surface area (TPSA) is 74.4 Å². The molecule has 3 atom stereocenters. The Morgan fingerprint density at radius 3 is 1.80 bits per heavy atom. The van der Waals surface area contributed by atoms with Gasteiger partial charge in [0.15, 0.2) is 6.10 Å². The van der Waals surface area contributed by atoms with Crippen molar-refractivity contribution in [3.05, 3.63) is 78.4 Å². The Labute approximate surface area is 269 Å². The van der Waals surface area contributed by atoms with Gasteiger partial charge in [-0.3, -0.25) is 0 Å². The molecule has 0 N–H and O–H groups in total. The zero-order chi connectivity index (χ0) is 31.9. The lowest BCUT2D eigenvalue weighted by molar-refractivity contribution is -0.135. The Bertz CT molecular complexity index is 1300. The first-order valence-electron chi connectivity index (χ1n) is 17.0. The lowest BCUT2D eigenvalue weighted by Gasteiger charge is -2.11. The van der Waals surface area contributed by atoms with Crippen molar-refractivity contribution in [1.29, 1.82) is 0 Å². The van der Waals surface area contributed by atoms with Crippen LogP contribution in [0, 0.1) is 5.92 Å². The number of benzene rings is 3. The Balaban J connectivity index is 1.19. The molecule has 1 aliphatic rings. The lowest BCUT2D eigenvalue weighted by atomic mass is 9.93. The molecule has 0 aromatic heterocycles. The fourth-order valence-corrected chi connectivity index (χ4v) is 5.64. The van der Waals surface area contributed by atoms with Crippen molar-refractivity contribution in [3.63, 3.8) is 0 Å². The molecular weight excluding hydrogens is 564 g/mol. The van der Waals surface area contributed by atoms with Crippen molar-refractivity contribution in [1.82, 2.24) is 0 Å². The SMILES string of the molecule is CCCCCCCCOc1ccc(-c2ccc(C(=O)Oc3ccc(OC(=O)[C@@H]4O[C@H]4C(CC)CCCCCC)cc3)cc2)cc1. The molecule has 0 bridgehead atoms. The summed E-state index contributed by atoms with van der Waals surface area (Å²) in [5.74, 6) is 1.20. The van der Waals surface area contributed by atoms with Crippen molar-refractivity contribution in [2.24, 2.45) is 5.92 Å². The number of hydrogen-bond acceptors (Lipinski definition) is 6. The quantitative estimate of drug-likeness (QED) is 0.0546. The largest absolute Gasteiger partial charge is 0.494 e. The molecule has 45 heavy (non-hydrogen) atoms.